The van der Waals surface area contributed by atoms with Gasteiger partial charge in [0.25, 0.3) is 0 Å². The molecule has 0 fully saturated rings. The normalized spacial score (nSPS) is 24.2. The Morgan fingerprint density at radius 3 is 3.18 bits per heavy atom. The molecule has 1 unspecified atom stereocenters. The van der Waals surface area contributed by atoms with Gasteiger partial charge in [-0.1, -0.05) is 6.58 Å². The Balaban J connectivity index is 2.38. The van der Waals surface area contributed by atoms with Crippen molar-refractivity contribution in [1.29, 1.82) is 0 Å². The van der Waals surface area contributed by atoms with Gasteiger partial charge in [0, 0.05) is 6.08 Å². The number of rotatable bonds is 2. The topological polar surface area (TPSA) is 63.0 Å². The third-order valence-electron chi connectivity index (χ3n) is 0.679. The Morgan fingerprint density at radius 1 is 1.82 bits per heavy atom. The molecule has 0 aromatic heterocycles. The summed E-state index contributed by atoms with van der Waals surface area (Å²) < 4.78 is 12.5. The van der Waals surface area contributed by atoms with Crippen molar-refractivity contribution >= 4 is 31.5 Å². The smallest absolute Gasteiger partial charge is 0.335 e. The summed E-state index contributed by atoms with van der Waals surface area (Å²) in [6.45, 7) is 3.26. The van der Waals surface area contributed by atoms with Crippen LogP contribution in [-0.2, 0) is 9.32 Å². The van der Waals surface area contributed by atoms with Gasteiger partial charge in [-0.15, -0.1) is 0 Å². The predicted molar refractivity (Wildman–Crippen MR) is 45.0 cm³/mol. The average Bonchev–Trinajstić information content (AvgIpc) is 2.06. The van der Waals surface area contributed by atoms with E-state index in [0.717, 1.165) is 6.08 Å². The number of nitrogens with zero attached hydrogens (tertiary/aromatic N) is 2. The van der Waals surface area contributed by atoms with Gasteiger partial charge < -0.3 is 4.52 Å². The van der Waals surface area contributed by atoms with Crippen LogP contribution in [-0.4, -0.2) is 5.97 Å². The first-order valence-corrected chi connectivity index (χ1v) is 5.39. The Labute approximate surface area is 68.0 Å². The van der Waals surface area contributed by atoms with Gasteiger partial charge in [0.1, 0.15) is 8.52 Å². The molecule has 0 bridgehead atoms. The fourth-order valence-electron chi connectivity index (χ4n) is 0.314. The molecule has 0 spiro atoms. The van der Waals surface area contributed by atoms with Crippen LogP contribution in [0.15, 0.2) is 21.7 Å². The van der Waals surface area contributed by atoms with Gasteiger partial charge in [0.15, 0.2) is 8.52 Å². The van der Waals surface area contributed by atoms with E-state index in [4.69, 9.17) is 4.52 Å². The van der Waals surface area contributed by atoms with E-state index >= 15 is 0 Å². The lowest BCUT2D eigenvalue weighted by Crippen LogP contribution is -1.99. The summed E-state index contributed by atoms with van der Waals surface area (Å²) in [6.07, 6.45) is 1.11. The molecule has 58 valence electrons. The molecule has 0 saturated carbocycles. The van der Waals surface area contributed by atoms with Gasteiger partial charge in [0.2, 0.25) is 0 Å². The van der Waals surface area contributed by atoms with E-state index in [9.17, 15) is 4.79 Å². The highest BCUT2D eigenvalue weighted by Crippen LogP contribution is 2.44. The van der Waals surface area contributed by atoms with Crippen LogP contribution in [0.25, 0.3) is 0 Å². The first-order chi connectivity index (χ1) is 5.33. The van der Waals surface area contributed by atoms with Crippen LogP contribution in [0, 0.1) is 0 Å². The second-order valence-electron chi connectivity index (χ2n) is 1.36. The summed E-state index contributed by atoms with van der Waals surface area (Å²) in [6, 6.07) is 0. The molecule has 11 heavy (non-hydrogen) atoms. The van der Waals surface area contributed by atoms with Crippen LogP contribution in [0.1, 0.15) is 0 Å². The minimum absolute atomic E-state index is 0.459. The second-order valence-corrected chi connectivity index (χ2v) is 4.69. The van der Waals surface area contributed by atoms with Crippen molar-refractivity contribution in [3.05, 3.63) is 12.7 Å². The Hall–Kier alpha value is -0.200. The molecular weight excluding hydrogens is 203 g/mol. The SMILES string of the molecule is C=CC(=O)OP1N=PN=PN1. The minimum atomic E-state index is -1.18. The maximum Gasteiger partial charge on any atom is 0.335 e. The van der Waals surface area contributed by atoms with E-state index in [1.807, 2.05) is 0 Å². The van der Waals surface area contributed by atoms with E-state index in [2.05, 4.69) is 20.5 Å². The quantitative estimate of drug-likeness (QED) is 0.559. The van der Waals surface area contributed by atoms with Crippen LogP contribution in [0.5, 0.6) is 0 Å². The summed E-state index contributed by atoms with van der Waals surface area (Å²) >= 11 is 0. The molecule has 1 aliphatic heterocycles. The van der Waals surface area contributed by atoms with Crippen LogP contribution in [0.4, 0.5) is 0 Å². The lowest BCUT2D eigenvalue weighted by Gasteiger charge is -2.08. The summed E-state index contributed by atoms with van der Waals surface area (Å²) in [7, 11) is 0.136. The molecule has 1 heterocycles. The zero-order chi connectivity index (χ0) is 8.10. The molecule has 0 aliphatic carbocycles. The van der Waals surface area contributed by atoms with Crippen molar-refractivity contribution in [3.8, 4) is 0 Å². The standard InChI is InChI=1S/C3H4N3O2P3/c1-2-3(7)8-11-5-9-4-10-6-11/h2H,1H2,(H,4,5,6). The maximum absolute atomic E-state index is 10.6. The average molecular weight is 207 g/mol. The van der Waals surface area contributed by atoms with E-state index in [1.54, 1.807) is 0 Å². The summed E-state index contributed by atoms with van der Waals surface area (Å²) in [5, 5.41) is 0. The van der Waals surface area contributed by atoms with Crippen LogP contribution < -0.4 is 4.86 Å². The largest absolute Gasteiger partial charge is 0.404 e. The van der Waals surface area contributed by atoms with E-state index in [1.165, 1.54) is 0 Å². The molecule has 1 rings (SSSR count). The van der Waals surface area contributed by atoms with Gasteiger partial charge in [-0.2, -0.15) is 13.9 Å². The first-order valence-electron chi connectivity index (χ1n) is 2.53. The Bertz CT molecular complexity index is 228. The van der Waals surface area contributed by atoms with E-state index < -0.39 is 14.4 Å². The van der Waals surface area contributed by atoms with Crippen LogP contribution in [0.2, 0.25) is 0 Å². The lowest BCUT2D eigenvalue weighted by atomic mass is 10.7. The molecule has 0 saturated heterocycles. The highest BCUT2D eigenvalue weighted by atomic mass is 31.2. The third-order valence-corrected chi connectivity index (χ3v) is 3.72. The molecule has 0 radical (unpaired) electrons. The minimum Gasteiger partial charge on any atom is -0.404 e. The Kier molecular flexibility index (Phi) is 3.74. The molecule has 0 amide bonds. The van der Waals surface area contributed by atoms with Crippen molar-refractivity contribution in [3.63, 3.8) is 0 Å². The molecule has 0 aromatic carbocycles. The van der Waals surface area contributed by atoms with E-state index in [0.29, 0.717) is 17.0 Å². The number of carbonyl (C=O) groups excluding carboxylic acids is 1. The van der Waals surface area contributed by atoms with Gasteiger partial charge in [0.05, 0.1) is 0 Å². The van der Waals surface area contributed by atoms with Crippen molar-refractivity contribution in [1.82, 2.24) is 4.86 Å². The zero-order valence-electron chi connectivity index (χ0n) is 5.34. The molecular formula is C3H4N3O2P3. The molecule has 1 N–H and O–H groups in total. The first kappa shape index (κ1) is 8.89. The van der Waals surface area contributed by atoms with Gasteiger partial charge in [-0.3, -0.25) is 0 Å². The summed E-state index contributed by atoms with van der Waals surface area (Å²) in [5.74, 6) is -0.459. The third kappa shape index (κ3) is 3.13. The van der Waals surface area contributed by atoms with Crippen molar-refractivity contribution in [2.75, 3.05) is 0 Å². The molecule has 8 heteroatoms. The summed E-state index contributed by atoms with van der Waals surface area (Å²) in [4.78, 5) is 13.4. The van der Waals surface area contributed by atoms with Gasteiger partial charge in [-0.05, 0) is 0 Å². The monoisotopic (exact) mass is 207 g/mol. The van der Waals surface area contributed by atoms with Crippen LogP contribution in [0.3, 0.4) is 0 Å². The zero-order valence-corrected chi connectivity index (χ0v) is 8.02. The highest BCUT2D eigenvalue weighted by Gasteiger charge is 2.12. The Morgan fingerprint density at radius 2 is 2.64 bits per heavy atom. The fraction of sp³-hybridized carbons (Fsp3) is 0. The molecule has 5 nitrogen and oxygen atoms in total. The number of hydrogen-bond acceptors (Lipinski definition) is 5. The second kappa shape index (κ2) is 4.63. The number of hydrogen-bond donors (Lipinski definition) is 1. The maximum atomic E-state index is 10.6. The number of nitrogens with one attached hydrogen (secondary N) is 1. The van der Waals surface area contributed by atoms with Crippen LogP contribution >= 0.6 is 25.5 Å². The van der Waals surface area contributed by atoms with Crippen molar-refractivity contribution in [2.24, 2.45) is 9.03 Å². The highest BCUT2D eigenvalue weighted by molar-refractivity contribution is 7.64. The lowest BCUT2D eigenvalue weighted by molar-refractivity contribution is -0.128. The molecule has 0 aromatic rings. The molecule has 1 aliphatic rings. The van der Waals surface area contributed by atoms with E-state index in [-0.39, 0.29) is 0 Å². The van der Waals surface area contributed by atoms with Gasteiger partial charge in [-0.25, -0.2) is 4.79 Å². The van der Waals surface area contributed by atoms with Crippen molar-refractivity contribution in [2.45, 2.75) is 0 Å². The molecule has 1 atom stereocenters. The summed E-state index contributed by atoms with van der Waals surface area (Å²) in [5.41, 5.74) is 0. The van der Waals surface area contributed by atoms with Gasteiger partial charge >= 0.3 is 14.4 Å². The number of carbonyl (C=O) groups is 1. The van der Waals surface area contributed by atoms with Crippen molar-refractivity contribution < 1.29 is 9.32 Å². The predicted octanol–water partition coefficient (Wildman–Crippen LogP) is 2.64. The fourth-order valence-corrected chi connectivity index (χ4v) is 3.13.